The number of amides is 1. The number of hydrogen-bond acceptors (Lipinski definition) is 7. The molecule has 13 atom stereocenters. The fourth-order valence-electron chi connectivity index (χ4n) is 15.0. The average Bonchev–Trinajstić information content (AvgIpc) is 3.96. The normalized spacial score (nSPS) is 47.3. The first-order chi connectivity index (χ1) is 24.5. The topological polar surface area (TPSA) is 83.5 Å². The molecular formula is C44H69NO7. The van der Waals surface area contributed by atoms with Gasteiger partial charge in [0.1, 0.15) is 11.7 Å². The van der Waals surface area contributed by atoms with E-state index in [9.17, 15) is 9.59 Å². The number of terminal acetylenes is 1. The molecule has 6 aliphatic carbocycles. The van der Waals surface area contributed by atoms with Gasteiger partial charge in [-0.25, -0.2) is 4.79 Å². The summed E-state index contributed by atoms with van der Waals surface area (Å²) in [4.78, 5) is 26.9. The van der Waals surface area contributed by atoms with Crippen molar-refractivity contribution in [1.29, 1.82) is 0 Å². The Kier molecular flexibility index (Phi) is 9.72. The highest BCUT2D eigenvalue weighted by Crippen LogP contribution is 2.91. The quantitative estimate of drug-likeness (QED) is 0.174. The van der Waals surface area contributed by atoms with Crippen LogP contribution in [-0.2, 0) is 28.5 Å². The number of hydrogen-bond donors (Lipinski definition) is 0. The van der Waals surface area contributed by atoms with Crippen LogP contribution in [0.4, 0.5) is 4.79 Å². The minimum Gasteiger partial charge on any atom is -0.427 e. The van der Waals surface area contributed by atoms with Gasteiger partial charge >= 0.3 is 6.16 Å². The van der Waals surface area contributed by atoms with Gasteiger partial charge in [-0.05, 0) is 147 Å². The average molecular weight is 724 g/mol. The van der Waals surface area contributed by atoms with Crippen molar-refractivity contribution < 1.29 is 33.3 Å². The molecular weight excluding hydrogens is 654 g/mol. The highest BCUT2D eigenvalue weighted by molar-refractivity contribution is 5.76. The van der Waals surface area contributed by atoms with Gasteiger partial charge < -0.3 is 28.6 Å². The Morgan fingerprint density at radius 3 is 2.31 bits per heavy atom. The van der Waals surface area contributed by atoms with Crippen LogP contribution in [0.15, 0.2) is 0 Å². The first kappa shape index (κ1) is 38.5. The minimum atomic E-state index is -0.575. The third kappa shape index (κ3) is 5.46. The molecule has 292 valence electrons. The smallest absolute Gasteiger partial charge is 0.427 e. The molecule has 8 heteroatoms. The van der Waals surface area contributed by atoms with Crippen molar-refractivity contribution in [1.82, 2.24) is 4.90 Å². The Labute approximate surface area is 314 Å². The largest absolute Gasteiger partial charge is 0.509 e. The Bertz CT molecular complexity index is 1410. The third-order valence-corrected chi connectivity index (χ3v) is 17.8. The molecule has 4 unspecified atom stereocenters. The zero-order chi connectivity index (χ0) is 37.6. The molecule has 0 aromatic carbocycles. The molecule has 6 saturated carbocycles. The van der Waals surface area contributed by atoms with E-state index < -0.39 is 11.8 Å². The summed E-state index contributed by atoms with van der Waals surface area (Å²) in [5.41, 5.74) is 0.681. The monoisotopic (exact) mass is 724 g/mol. The number of cyclic esters (lactones) is 2. The van der Waals surface area contributed by atoms with Crippen molar-refractivity contribution >= 4 is 12.1 Å². The van der Waals surface area contributed by atoms with Gasteiger partial charge in [-0.3, -0.25) is 4.79 Å². The van der Waals surface area contributed by atoms with Gasteiger partial charge in [0.2, 0.25) is 5.91 Å². The Balaban J connectivity index is 0.00000207. The molecule has 2 spiro atoms. The van der Waals surface area contributed by atoms with E-state index >= 15 is 0 Å². The van der Waals surface area contributed by atoms with Crippen LogP contribution in [0.25, 0.3) is 0 Å². The van der Waals surface area contributed by atoms with Gasteiger partial charge in [0.15, 0.2) is 6.29 Å². The predicted octanol–water partition coefficient (Wildman–Crippen LogP) is 8.65. The summed E-state index contributed by atoms with van der Waals surface area (Å²) in [7, 11) is 1.94. The molecule has 2 saturated heterocycles. The molecule has 8 aliphatic rings. The van der Waals surface area contributed by atoms with E-state index in [1.54, 1.807) is 0 Å². The summed E-state index contributed by atoms with van der Waals surface area (Å²) in [6.45, 7) is 21.1. The van der Waals surface area contributed by atoms with Crippen LogP contribution >= 0.6 is 0 Å². The highest BCUT2D eigenvalue weighted by Gasteiger charge is 2.86. The Morgan fingerprint density at radius 1 is 0.962 bits per heavy atom. The maximum Gasteiger partial charge on any atom is 0.509 e. The van der Waals surface area contributed by atoms with Crippen LogP contribution in [0, 0.1) is 75.4 Å². The summed E-state index contributed by atoms with van der Waals surface area (Å²) in [6.07, 6.45) is 20.9. The van der Waals surface area contributed by atoms with E-state index in [2.05, 4.69) is 54.4 Å². The Morgan fingerprint density at radius 2 is 1.65 bits per heavy atom. The van der Waals surface area contributed by atoms with Gasteiger partial charge in [-0.15, -0.1) is 12.8 Å². The third-order valence-electron chi connectivity index (χ3n) is 17.8. The predicted molar refractivity (Wildman–Crippen MR) is 200 cm³/mol. The van der Waals surface area contributed by atoms with E-state index in [0.717, 1.165) is 31.6 Å². The number of carbonyl (C=O) groups is 2. The number of methoxy groups -OCH3 is 1. The van der Waals surface area contributed by atoms with Crippen LogP contribution in [0.2, 0.25) is 0 Å². The van der Waals surface area contributed by atoms with E-state index in [0.29, 0.717) is 66.5 Å². The lowest BCUT2D eigenvalue weighted by Gasteiger charge is -2.63. The summed E-state index contributed by atoms with van der Waals surface area (Å²) < 4.78 is 30.6. The maximum atomic E-state index is 13.0. The second-order valence-corrected chi connectivity index (χ2v) is 20.2. The molecule has 2 aliphatic heterocycles. The number of carbonyl (C=O) groups excluding carboxylic acids is 2. The van der Waals surface area contributed by atoms with E-state index in [1.807, 2.05) is 25.9 Å². The molecule has 52 heavy (non-hydrogen) atoms. The molecule has 8 fully saturated rings. The van der Waals surface area contributed by atoms with E-state index in [-0.39, 0.29) is 46.8 Å². The summed E-state index contributed by atoms with van der Waals surface area (Å²) in [6, 6.07) is 0. The van der Waals surface area contributed by atoms with Crippen LogP contribution < -0.4 is 0 Å². The molecule has 0 radical (unpaired) electrons. The maximum absolute atomic E-state index is 13.0. The molecule has 8 nitrogen and oxygen atoms in total. The number of rotatable bonds is 9. The van der Waals surface area contributed by atoms with Gasteiger partial charge in [-0.1, -0.05) is 41.5 Å². The lowest BCUT2D eigenvalue weighted by molar-refractivity contribution is -0.246. The van der Waals surface area contributed by atoms with Crippen LogP contribution in [0.5, 0.6) is 0 Å². The van der Waals surface area contributed by atoms with Crippen LogP contribution in [-0.4, -0.2) is 74.0 Å². The molecule has 0 aromatic rings. The van der Waals surface area contributed by atoms with Gasteiger partial charge in [-0.2, -0.15) is 0 Å². The second kappa shape index (κ2) is 13.1. The SMILES string of the molecule is C#C.CO[C@@H]1C[C@@]2(C)[C@@H]3CCC4C(C)(C)[C@@H](OC5CN(C(=O)CC6CC6)CCO5)CCC45[C@@H](C)[C@@]35CC[C@]2(C)C1[C@H](C)CC[C@@H]1OC(=O)OC1(C)C. The van der Waals surface area contributed by atoms with E-state index in [1.165, 1.54) is 44.9 Å². The summed E-state index contributed by atoms with van der Waals surface area (Å²) >= 11 is 0. The highest BCUT2D eigenvalue weighted by atomic mass is 16.8. The minimum absolute atomic E-state index is 0.0509. The van der Waals surface area contributed by atoms with Crippen molar-refractivity contribution in [3.8, 4) is 12.8 Å². The van der Waals surface area contributed by atoms with Crippen molar-refractivity contribution in [2.75, 3.05) is 26.8 Å². The zero-order valence-corrected chi connectivity index (χ0v) is 33.8. The zero-order valence-electron chi connectivity index (χ0n) is 33.8. The first-order valence-electron chi connectivity index (χ1n) is 20.9. The number of morpholine rings is 1. The Hall–Kier alpha value is -1.82. The number of nitrogens with zero attached hydrogens (tertiary/aromatic N) is 1. The van der Waals surface area contributed by atoms with Gasteiger partial charge in [0.05, 0.1) is 25.4 Å². The lowest BCUT2D eigenvalue weighted by atomic mass is 9.41. The lowest BCUT2D eigenvalue weighted by Crippen LogP contribution is -2.58. The molecule has 0 bridgehead atoms. The number of ether oxygens (including phenoxy) is 5. The van der Waals surface area contributed by atoms with Crippen LogP contribution in [0.1, 0.15) is 132 Å². The fraction of sp³-hybridized carbons (Fsp3) is 0.909. The van der Waals surface area contributed by atoms with Crippen molar-refractivity contribution in [3.63, 3.8) is 0 Å². The second-order valence-electron chi connectivity index (χ2n) is 20.2. The van der Waals surface area contributed by atoms with E-state index in [4.69, 9.17) is 23.7 Å². The number of fused-ring (bicyclic) bond motifs is 2. The molecule has 1 amide bonds. The summed E-state index contributed by atoms with van der Waals surface area (Å²) in [5, 5.41) is 0. The molecule has 0 aromatic heterocycles. The van der Waals surface area contributed by atoms with Crippen LogP contribution in [0.3, 0.4) is 0 Å². The molecule has 0 N–H and O–H groups in total. The van der Waals surface area contributed by atoms with Crippen molar-refractivity contribution in [2.24, 2.45) is 62.6 Å². The van der Waals surface area contributed by atoms with Gasteiger partial charge in [0, 0.05) is 20.1 Å². The van der Waals surface area contributed by atoms with Crippen molar-refractivity contribution in [2.45, 2.75) is 163 Å². The van der Waals surface area contributed by atoms with Crippen molar-refractivity contribution in [3.05, 3.63) is 0 Å². The first-order valence-corrected chi connectivity index (χ1v) is 20.9. The standard InChI is InChI=1S/C42H67NO7.C2H2/c1-25(10-15-32-38(5,6)50-36(45)49-32)35-28(46-9)23-40(8)30-14-13-29-37(3,4)31(16-17-41(29)26(2)42(30,41)19-18-39(35,40)7)48-34-24-43(20-21-47-34)33(44)22-27-11-12-27;1-2/h25-32,34-35H,10-24H2,1-9H3;1-2H/t25-,26-,28-,29?,30+,31+,32+,34?,35?,39-,40+,41?,42+;/m1./s1. The fourth-order valence-corrected chi connectivity index (χ4v) is 15.0. The summed E-state index contributed by atoms with van der Waals surface area (Å²) in [5.74, 6) is 3.91. The molecule has 8 rings (SSSR count). The van der Waals surface area contributed by atoms with Gasteiger partial charge in [0.25, 0.3) is 0 Å². The molecule has 2 heterocycles.